The smallest absolute Gasteiger partial charge is 0.221 e. The molecule has 4 heteroatoms. The zero-order chi connectivity index (χ0) is 9.42. The maximum Gasteiger partial charge on any atom is 0.221 e. The summed E-state index contributed by atoms with van der Waals surface area (Å²) in [5.74, 6) is -0.0889. The Morgan fingerprint density at radius 3 is 3.00 bits per heavy atom. The van der Waals surface area contributed by atoms with E-state index in [2.05, 4.69) is 4.98 Å². The Bertz CT molecular complexity index is 353. The van der Waals surface area contributed by atoms with E-state index in [0.717, 1.165) is 12.1 Å². The van der Waals surface area contributed by atoms with Crippen LogP contribution in [0.2, 0.25) is 5.02 Å². The molecule has 1 aromatic rings. The molecule has 2 N–H and O–H groups in total. The van der Waals surface area contributed by atoms with Crippen molar-refractivity contribution in [3.63, 3.8) is 0 Å². The fourth-order valence-corrected chi connectivity index (χ4v) is 1.63. The number of rotatable bonds is 2. The van der Waals surface area contributed by atoms with E-state index in [1.54, 1.807) is 18.3 Å². The van der Waals surface area contributed by atoms with Gasteiger partial charge in [0.2, 0.25) is 5.91 Å². The van der Waals surface area contributed by atoms with Gasteiger partial charge < -0.3 is 5.73 Å². The summed E-state index contributed by atoms with van der Waals surface area (Å²) in [6.45, 7) is 0. The summed E-state index contributed by atoms with van der Waals surface area (Å²) in [7, 11) is 0. The molecule has 1 aromatic heterocycles. The number of amides is 1. The molecule has 1 aliphatic carbocycles. The lowest BCUT2D eigenvalue weighted by molar-refractivity contribution is -0.119. The molecule has 1 saturated carbocycles. The molecular weight excluding hydrogens is 188 g/mol. The normalized spacial score (nSPS) is 25.6. The second-order valence-electron chi connectivity index (χ2n) is 3.25. The molecule has 0 unspecified atom stereocenters. The number of primary amides is 1. The molecule has 1 heterocycles. The average Bonchev–Trinajstić information content (AvgIpc) is 2.82. The maximum absolute atomic E-state index is 10.8. The van der Waals surface area contributed by atoms with Gasteiger partial charge in [0.15, 0.2) is 0 Å². The fourth-order valence-electron chi connectivity index (χ4n) is 1.46. The molecule has 1 aliphatic rings. The summed E-state index contributed by atoms with van der Waals surface area (Å²) in [6.07, 6.45) is 2.46. The van der Waals surface area contributed by atoms with Crippen molar-refractivity contribution in [3.05, 3.63) is 29.0 Å². The number of nitrogens with zero attached hydrogens (tertiary/aromatic N) is 1. The molecular formula is C9H9ClN2O. The van der Waals surface area contributed by atoms with Gasteiger partial charge in [-0.05, 0) is 18.6 Å². The lowest BCUT2D eigenvalue weighted by Gasteiger charge is -1.97. The Hall–Kier alpha value is -1.09. The van der Waals surface area contributed by atoms with Crippen molar-refractivity contribution in [1.29, 1.82) is 0 Å². The molecule has 68 valence electrons. The van der Waals surface area contributed by atoms with E-state index in [1.165, 1.54) is 0 Å². The van der Waals surface area contributed by atoms with Gasteiger partial charge >= 0.3 is 0 Å². The van der Waals surface area contributed by atoms with Crippen molar-refractivity contribution in [2.45, 2.75) is 12.3 Å². The molecule has 0 aliphatic heterocycles. The lowest BCUT2D eigenvalue weighted by atomic mass is 10.2. The minimum Gasteiger partial charge on any atom is -0.369 e. The van der Waals surface area contributed by atoms with Crippen LogP contribution in [0.1, 0.15) is 18.0 Å². The molecule has 2 atom stereocenters. The van der Waals surface area contributed by atoms with Crippen LogP contribution in [0.3, 0.4) is 0 Å². The van der Waals surface area contributed by atoms with Crippen molar-refractivity contribution in [2.24, 2.45) is 11.7 Å². The third-order valence-corrected chi connectivity index (χ3v) is 2.51. The van der Waals surface area contributed by atoms with Crippen LogP contribution in [0.15, 0.2) is 18.3 Å². The van der Waals surface area contributed by atoms with E-state index in [0.29, 0.717) is 5.02 Å². The van der Waals surface area contributed by atoms with E-state index in [1.807, 2.05) is 0 Å². The van der Waals surface area contributed by atoms with E-state index in [-0.39, 0.29) is 17.7 Å². The minimum absolute atomic E-state index is 0.0361. The first-order valence-corrected chi connectivity index (χ1v) is 4.47. The summed E-state index contributed by atoms with van der Waals surface area (Å²) in [4.78, 5) is 14.9. The summed E-state index contributed by atoms with van der Waals surface area (Å²) >= 11 is 5.79. The molecule has 0 aromatic carbocycles. The average molecular weight is 197 g/mol. The highest BCUT2D eigenvalue weighted by atomic mass is 35.5. The Morgan fingerprint density at radius 2 is 2.46 bits per heavy atom. The Labute approximate surface area is 80.9 Å². The number of carbonyl (C=O) groups excluding carboxylic acids is 1. The Kier molecular flexibility index (Phi) is 1.96. The number of carbonyl (C=O) groups is 1. The predicted octanol–water partition coefficient (Wildman–Crippen LogP) is 1.32. The molecule has 0 saturated heterocycles. The van der Waals surface area contributed by atoms with Gasteiger partial charge in [0, 0.05) is 28.7 Å². The van der Waals surface area contributed by atoms with Gasteiger partial charge in [0.05, 0.1) is 0 Å². The highest BCUT2D eigenvalue weighted by molar-refractivity contribution is 6.30. The van der Waals surface area contributed by atoms with Gasteiger partial charge in [-0.25, -0.2) is 0 Å². The summed E-state index contributed by atoms with van der Waals surface area (Å²) in [6, 6.07) is 3.50. The summed E-state index contributed by atoms with van der Waals surface area (Å²) in [5.41, 5.74) is 6.04. The van der Waals surface area contributed by atoms with Crippen molar-refractivity contribution in [2.75, 3.05) is 0 Å². The second kappa shape index (κ2) is 3.00. The van der Waals surface area contributed by atoms with Gasteiger partial charge in [-0.2, -0.15) is 0 Å². The number of halogens is 1. The number of nitrogens with two attached hydrogens (primary N) is 1. The zero-order valence-electron chi connectivity index (χ0n) is 6.90. The number of hydrogen-bond donors (Lipinski definition) is 1. The fraction of sp³-hybridized carbons (Fsp3) is 0.333. The van der Waals surface area contributed by atoms with E-state index < -0.39 is 0 Å². The van der Waals surface area contributed by atoms with E-state index in [4.69, 9.17) is 17.3 Å². The molecule has 1 amide bonds. The number of pyridine rings is 1. The van der Waals surface area contributed by atoms with Crippen molar-refractivity contribution in [3.8, 4) is 0 Å². The van der Waals surface area contributed by atoms with Crippen LogP contribution < -0.4 is 5.73 Å². The number of aromatic nitrogens is 1. The largest absolute Gasteiger partial charge is 0.369 e. The van der Waals surface area contributed by atoms with Crippen LogP contribution in [0, 0.1) is 5.92 Å². The maximum atomic E-state index is 10.8. The third-order valence-electron chi connectivity index (χ3n) is 2.28. The van der Waals surface area contributed by atoms with Crippen molar-refractivity contribution < 1.29 is 4.79 Å². The van der Waals surface area contributed by atoms with Gasteiger partial charge in [0.25, 0.3) is 0 Å². The monoisotopic (exact) mass is 196 g/mol. The number of hydrogen-bond acceptors (Lipinski definition) is 2. The van der Waals surface area contributed by atoms with E-state index >= 15 is 0 Å². The van der Waals surface area contributed by atoms with Crippen LogP contribution in [-0.4, -0.2) is 10.9 Å². The first-order valence-electron chi connectivity index (χ1n) is 4.09. The zero-order valence-corrected chi connectivity index (χ0v) is 7.66. The Balaban J connectivity index is 2.16. The topological polar surface area (TPSA) is 56.0 Å². The molecule has 13 heavy (non-hydrogen) atoms. The first kappa shape index (κ1) is 8.51. The van der Waals surface area contributed by atoms with Crippen LogP contribution in [0.25, 0.3) is 0 Å². The van der Waals surface area contributed by atoms with Crippen LogP contribution >= 0.6 is 11.6 Å². The molecule has 1 fully saturated rings. The predicted molar refractivity (Wildman–Crippen MR) is 49.3 cm³/mol. The lowest BCUT2D eigenvalue weighted by Crippen LogP contribution is -2.13. The molecule has 0 radical (unpaired) electrons. The first-order chi connectivity index (χ1) is 6.18. The Morgan fingerprint density at radius 1 is 1.69 bits per heavy atom. The van der Waals surface area contributed by atoms with Crippen LogP contribution in [-0.2, 0) is 4.79 Å². The van der Waals surface area contributed by atoms with Crippen molar-refractivity contribution in [1.82, 2.24) is 4.98 Å². The molecule has 0 spiro atoms. The molecule has 2 rings (SSSR count). The highest BCUT2D eigenvalue weighted by Crippen LogP contribution is 2.46. The highest BCUT2D eigenvalue weighted by Gasteiger charge is 2.43. The van der Waals surface area contributed by atoms with Gasteiger partial charge in [-0.15, -0.1) is 0 Å². The standard InChI is InChI=1S/C9H9ClN2O/c10-5-1-2-12-8(3-5)6-4-7(6)9(11)13/h1-3,6-7H,4H2,(H2,11,13)/t6-,7-/m0/s1. The second-order valence-corrected chi connectivity index (χ2v) is 3.69. The molecule has 0 bridgehead atoms. The van der Waals surface area contributed by atoms with Crippen LogP contribution in [0.5, 0.6) is 0 Å². The summed E-state index contributed by atoms with van der Waals surface area (Å²) in [5, 5.41) is 0.653. The molecule has 3 nitrogen and oxygen atoms in total. The van der Waals surface area contributed by atoms with Gasteiger partial charge in [-0.3, -0.25) is 9.78 Å². The van der Waals surface area contributed by atoms with Crippen LogP contribution in [0.4, 0.5) is 0 Å². The summed E-state index contributed by atoms with van der Waals surface area (Å²) < 4.78 is 0. The van der Waals surface area contributed by atoms with Crippen molar-refractivity contribution >= 4 is 17.5 Å². The minimum atomic E-state index is -0.244. The van der Waals surface area contributed by atoms with E-state index in [9.17, 15) is 4.79 Å². The van der Waals surface area contributed by atoms with Gasteiger partial charge in [0.1, 0.15) is 0 Å². The quantitative estimate of drug-likeness (QED) is 0.776. The third kappa shape index (κ3) is 1.65. The SMILES string of the molecule is NC(=O)[C@H]1C[C@@H]1c1cc(Cl)ccn1. The van der Waals surface area contributed by atoms with Gasteiger partial charge in [-0.1, -0.05) is 11.6 Å².